The number of hydrogen-bond donors (Lipinski definition) is 0. The molecule has 0 atom stereocenters. The van der Waals surface area contributed by atoms with E-state index in [0.717, 1.165) is 5.56 Å². The molecule has 30 heavy (non-hydrogen) atoms. The lowest BCUT2D eigenvalue weighted by molar-refractivity contribution is 0.0943. The molecular weight excluding hydrogens is 534 g/mol. The second kappa shape index (κ2) is 9.61. The molecule has 8 heteroatoms. The quantitative estimate of drug-likeness (QED) is 0.269. The number of benzene rings is 2. The van der Waals surface area contributed by atoms with Gasteiger partial charge in [0.1, 0.15) is 24.0 Å². The van der Waals surface area contributed by atoms with E-state index >= 15 is 0 Å². The van der Waals surface area contributed by atoms with E-state index in [4.69, 9.17) is 16.3 Å². The van der Waals surface area contributed by atoms with Crippen molar-refractivity contribution in [2.24, 2.45) is 0 Å². The van der Waals surface area contributed by atoms with Crippen molar-refractivity contribution in [1.29, 1.82) is 5.26 Å². The Morgan fingerprint density at radius 2 is 1.83 bits per heavy atom. The van der Waals surface area contributed by atoms with E-state index in [2.05, 4.69) is 37.0 Å². The van der Waals surface area contributed by atoms with Crippen molar-refractivity contribution in [2.45, 2.75) is 20.5 Å². The Kier molecular flexibility index (Phi) is 7.14. The second-order valence-electron chi connectivity index (χ2n) is 6.54. The predicted molar refractivity (Wildman–Crippen MR) is 124 cm³/mol. The number of rotatable bonds is 5. The van der Waals surface area contributed by atoms with Gasteiger partial charge in [-0.15, -0.1) is 0 Å². The molecule has 0 radical (unpaired) electrons. The van der Waals surface area contributed by atoms with Gasteiger partial charge in [0.15, 0.2) is 0 Å². The number of carbonyl (C=O) groups is 1. The van der Waals surface area contributed by atoms with Crippen LogP contribution in [-0.4, -0.2) is 15.7 Å². The van der Waals surface area contributed by atoms with Crippen LogP contribution in [0.4, 0.5) is 0 Å². The van der Waals surface area contributed by atoms with E-state index in [9.17, 15) is 10.1 Å². The number of aryl methyl sites for hydroxylation is 2. The number of aromatic nitrogens is 2. The van der Waals surface area contributed by atoms with E-state index in [1.165, 1.54) is 10.8 Å². The van der Waals surface area contributed by atoms with Crippen molar-refractivity contribution >= 4 is 55.4 Å². The fourth-order valence-electron chi connectivity index (χ4n) is 2.79. The number of halogens is 3. The monoisotopic (exact) mass is 547 g/mol. The summed E-state index contributed by atoms with van der Waals surface area (Å²) in [4.78, 5) is 12.7. The molecule has 0 aliphatic carbocycles. The Morgan fingerprint density at radius 3 is 2.37 bits per heavy atom. The first-order valence-electron chi connectivity index (χ1n) is 8.84. The zero-order valence-corrected chi connectivity index (χ0v) is 20.0. The molecule has 3 aromatic rings. The highest BCUT2D eigenvalue weighted by molar-refractivity contribution is 9.11. The highest BCUT2D eigenvalue weighted by atomic mass is 79.9. The maximum atomic E-state index is 12.7. The number of ether oxygens (including phenoxy) is 1. The van der Waals surface area contributed by atoms with Crippen LogP contribution in [0.5, 0.6) is 5.75 Å². The summed E-state index contributed by atoms with van der Waals surface area (Å²) in [5.41, 5.74) is 3.01. The lowest BCUT2D eigenvalue weighted by atomic mass is 10.1. The third-order valence-electron chi connectivity index (χ3n) is 4.18. The largest absolute Gasteiger partial charge is 0.487 e. The Bertz CT molecular complexity index is 1160. The summed E-state index contributed by atoms with van der Waals surface area (Å²) in [7, 11) is 0. The number of nitriles is 1. The summed E-state index contributed by atoms with van der Waals surface area (Å²) in [5, 5.41) is 14.3. The van der Waals surface area contributed by atoms with Crippen molar-refractivity contribution in [3.8, 4) is 11.8 Å². The van der Waals surface area contributed by atoms with E-state index in [0.29, 0.717) is 43.3 Å². The van der Waals surface area contributed by atoms with Gasteiger partial charge in [0.2, 0.25) is 0 Å². The molecule has 0 fully saturated rings. The van der Waals surface area contributed by atoms with Gasteiger partial charge in [-0.25, -0.2) is 4.68 Å². The molecule has 0 N–H and O–H groups in total. The smallest absolute Gasteiger partial charge is 0.289 e. The molecule has 0 spiro atoms. The summed E-state index contributed by atoms with van der Waals surface area (Å²) in [6.45, 7) is 3.93. The topological polar surface area (TPSA) is 67.9 Å². The molecule has 5 nitrogen and oxygen atoms in total. The van der Waals surface area contributed by atoms with Crippen molar-refractivity contribution in [3.05, 3.63) is 84.5 Å². The number of carbonyl (C=O) groups excluding carboxylic acids is 1. The first-order chi connectivity index (χ1) is 14.3. The average Bonchev–Trinajstić information content (AvgIpc) is 3.04. The van der Waals surface area contributed by atoms with Gasteiger partial charge in [-0.05, 0) is 93.2 Å². The van der Waals surface area contributed by atoms with Crippen molar-refractivity contribution < 1.29 is 9.53 Å². The molecule has 152 valence electrons. The van der Waals surface area contributed by atoms with Crippen LogP contribution in [0.25, 0.3) is 6.08 Å². The van der Waals surface area contributed by atoms with Crippen LogP contribution >= 0.6 is 43.5 Å². The van der Waals surface area contributed by atoms with E-state index in [-0.39, 0.29) is 5.57 Å². The molecule has 0 aliphatic heterocycles. The number of hydrogen-bond acceptors (Lipinski definition) is 4. The summed E-state index contributed by atoms with van der Waals surface area (Å²) in [6, 6.07) is 14.7. The Hall–Kier alpha value is -2.40. The lowest BCUT2D eigenvalue weighted by Gasteiger charge is -2.12. The molecule has 1 heterocycles. The maximum Gasteiger partial charge on any atom is 0.289 e. The predicted octanol–water partition coefficient (Wildman–Crippen LogP) is 6.50. The molecule has 0 saturated heterocycles. The van der Waals surface area contributed by atoms with Crippen LogP contribution in [-0.2, 0) is 6.61 Å². The zero-order chi connectivity index (χ0) is 21.8. The Morgan fingerprint density at radius 1 is 1.20 bits per heavy atom. The third kappa shape index (κ3) is 5.20. The van der Waals surface area contributed by atoms with Crippen LogP contribution < -0.4 is 4.74 Å². The first-order valence-corrected chi connectivity index (χ1v) is 10.8. The molecular formula is C22H16Br2ClN3O2. The summed E-state index contributed by atoms with van der Waals surface area (Å²) < 4.78 is 8.52. The van der Waals surface area contributed by atoms with Gasteiger partial charge in [0, 0.05) is 10.7 Å². The van der Waals surface area contributed by atoms with Gasteiger partial charge in [-0.3, -0.25) is 4.79 Å². The minimum atomic E-state index is -0.474. The fourth-order valence-corrected chi connectivity index (χ4v) is 4.37. The van der Waals surface area contributed by atoms with Crippen LogP contribution in [0.2, 0.25) is 5.02 Å². The molecule has 1 aromatic heterocycles. The van der Waals surface area contributed by atoms with E-state index < -0.39 is 5.91 Å². The highest BCUT2D eigenvalue weighted by Gasteiger charge is 2.16. The molecule has 3 rings (SSSR count). The van der Waals surface area contributed by atoms with E-state index in [1.807, 2.05) is 30.3 Å². The highest BCUT2D eigenvalue weighted by Crippen LogP contribution is 2.36. The van der Waals surface area contributed by atoms with Gasteiger partial charge in [-0.2, -0.15) is 10.4 Å². The fraction of sp³-hybridized carbons (Fsp3) is 0.136. The summed E-state index contributed by atoms with van der Waals surface area (Å²) >= 11 is 12.9. The number of nitrogens with zero attached hydrogens (tertiary/aromatic N) is 3. The first kappa shape index (κ1) is 22.3. The Labute approximate surface area is 196 Å². The minimum Gasteiger partial charge on any atom is -0.487 e. The van der Waals surface area contributed by atoms with E-state index in [1.54, 1.807) is 32.0 Å². The number of allylic oxidation sites excluding steroid dienone is 1. The average molecular weight is 550 g/mol. The normalized spacial score (nSPS) is 11.3. The molecule has 0 bridgehead atoms. The van der Waals surface area contributed by atoms with Gasteiger partial charge < -0.3 is 4.74 Å². The molecule has 0 unspecified atom stereocenters. The van der Waals surface area contributed by atoms with Crippen LogP contribution in [0.1, 0.15) is 27.3 Å². The summed E-state index contributed by atoms with van der Waals surface area (Å²) in [6.07, 6.45) is 1.53. The molecule has 0 saturated carbocycles. The second-order valence-corrected chi connectivity index (χ2v) is 8.69. The van der Waals surface area contributed by atoms with Crippen LogP contribution in [0.3, 0.4) is 0 Å². The lowest BCUT2D eigenvalue weighted by Crippen LogP contribution is -2.15. The Balaban J connectivity index is 1.84. The maximum absolute atomic E-state index is 12.7. The van der Waals surface area contributed by atoms with Crippen molar-refractivity contribution in [3.63, 3.8) is 0 Å². The third-order valence-corrected chi connectivity index (χ3v) is 5.61. The standard InChI is InChI=1S/C22H16Br2ClN3O2/c1-13-7-14(2)28(27-13)22(29)17(11-26)8-16-9-19(23)21(20(24)10-16)30-12-15-3-5-18(25)6-4-15/h3-10H,12H2,1-2H3/b17-8+. The van der Waals surface area contributed by atoms with Gasteiger partial charge in [0.05, 0.1) is 14.6 Å². The van der Waals surface area contributed by atoms with Crippen molar-refractivity contribution in [1.82, 2.24) is 9.78 Å². The summed E-state index contributed by atoms with van der Waals surface area (Å²) in [5.74, 6) is 0.142. The van der Waals surface area contributed by atoms with Gasteiger partial charge >= 0.3 is 0 Å². The van der Waals surface area contributed by atoms with Crippen LogP contribution in [0, 0.1) is 25.2 Å². The SMILES string of the molecule is Cc1cc(C)n(C(=O)/C(C#N)=C/c2cc(Br)c(OCc3ccc(Cl)cc3)c(Br)c2)n1. The molecule has 0 aliphatic rings. The molecule has 2 aromatic carbocycles. The minimum absolute atomic E-state index is 0.0187. The van der Waals surface area contributed by atoms with Gasteiger partial charge in [0.25, 0.3) is 5.91 Å². The van der Waals surface area contributed by atoms with Gasteiger partial charge in [-0.1, -0.05) is 23.7 Å². The molecule has 0 amide bonds. The van der Waals surface area contributed by atoms with Crippen molar-refractivity contribution in [2.75, 3.05) is 0 Å². The zero-order valence-electron chi connectivity index (χ0n) is 16.1. The van der Waals surface area contributed by atoms with Crippen LogP contribution in [0.15, 0.2) is 57.0 Å².